The Hall–Kier alpha value is -1.02. The predicted molar refractivity (Wildman–Crippen MR) is 73.5 cm³/mol. The molecule has 0 aliphatic heterocycles. The van der Waals surface area contributed by atoms with Crippen molar-refractivity contribution in [3.63, 3.8) is 0 Å². The number of para-hydroxylation sites is 1. The van der Waals surface area contributed by atoms with E-state index in [-0.39, 0.29) is 0 Å². The zero-order chi connectivity index (χ0) is 12.5. The van der Waals surface area contributed by atoms with Crippen LogP contribution in [-0.4, -0.2) is 19.7 Å². The van der Waals surface area contributed by atoms with Crippen LogP contribution in [0, 0.1) is 5.92 Å². The Kier molecular flexibility index (Phi) is 6.71. The molecule has 2 heteroatoms. The van der Waals surface area contributed by atoms with E-state index in [0.717, 1.165) is 24.7 Å². The maximum atomic E-state index is 5.68. The molecular formula is C15H25NO. The molecule has 0 saturated carbocycles. The number of ether oxygens (including phenoxy) is 1. The Balaban J connectivity index is 2.14. The molecule has 96 valence electrons. The number of hydrogen-bond donors (Lipinski definition) is 1. The highest BCUT2D eigenvalue weighted by atomic mass is 16.5. The summed E-state index contributed by atoms with van der Waals surface area (Å²) in [4.78, 5) is 0. The number of rotatable bonds is 8. The first-order valence-corrected chi connectivity index (χ1v) is 6.57. The second-order valence-electron chi connectivity index (χ2n) is 4.92. The lowest BCUT2D eigenvalue weighted by Gasteiger charge is -2.18. The van der Waals surface area contributed by atoms with Gasteiger partial charge in [-0.1, -0.05) is 32.0 Å². The molecule has 2 nitrogen and oxygen atoms in total. The van der Waals surface area contributed by atoms with Crippen molar-refractivity contribution < 1.29 is 4.74 Å². The summed E-state index contributed by atoms with van der Waals surface area (Å²) in [5.74, 6) is 1.72. The Morgan fingerprint density at radius 3 is 2.47 bits per heavy atom. The Morgan fingerprint density at radius 1 is 1.18 bits per heavy atom. The van der Waals surface area contributed by atoms with Gasteiger partial charge in [-0.3, -0.25) is 0 Å². The van der Waals surface area contributed by atoms with E-state index in [0.29, 0.717) is 6.04 Å². The second kappa shape index (κ2) is 8.13. The van der Waals surface area contributed by atoms with Gasteiger partial charge in [-0.2, -0.15) is 0 Å². The minimum atomic E-state index is 0.620. The third-order valence-corrected chi connectivity index (χ3v) is 2.87. The first-order valence-electron chi connectivity index (χ1n) is 6.57. The molecule has 0 heterocycles. The zero-order valence-electron chi connectivity index (χ0n) is 11.3. The molecule has 1 atom stereocenters. The van der Waals surface area contributed by atoms with Gasteiger partial charge in [-0.15, -0.1) is 0 Å². The van der Waals surface area contributed by atoms with Crippen LogP contribution in [0.3, 0.4) is 0 Å². The van der Waals surface area contributed by atoms with Crippen molar-refractivity contribution in [2.45, 2.75) is 39.2 Å². The lowest BCUT2D eigenvalue weighted by atomic mass is 10.0. The zero-order valence-corrected chi connectivity index (χ0v) is 11.3. The fourth-order valence-electron chi connectivity index (χ4n) is 1.99. The van der Waals surface area contributed by atoms with E-state index in [1.807, 2.05) is 37.4 Å². The van der Waals surface area contributed by atoms with Gasteiger partial charge in [0.15, 0.2) is 0 Å². The van der Waals surface area contributed by atoms with Gasteiger partial charge in [0.05, 0.1) is 6.61 Å². The molecular weight excluding hydrogens is 210 g/mol. The van der Waals surface area contributed by atoms with Gasteiger partial charge in [-0.05, 0) is 44.4 Å². The first kappa shape index (κ1) is 14.0. The summed E-state index contributed by atoms with van der Waals surface area (Å²) in [6.45, 7) is 5.34. The Bertz CT molecular complexity index is 284. The standard InChI is InChI=1S/C15H25NO/c1-13(2)12-14(16-3)8-7-11-17-15-9-5-4-6-10-15/h4-6,9-10,13-14,16H,7-8,11-12H2,1-3H3. The fraction of sp³-hybridized carbons (Fsp3) is 0.600. The van der Waals surface area contributed by atoms with E-state index in [9.17, 15) is 0 Å². The maximum absolute atomic E-state index is 5.68. The molecule has 1 rings (SSSR count). The number of benzene rings is 1. The van der Waals surface area contributed by atoms with Gasteiger partial charge in [0.25, 0.3) is 0 Å². The summed E-state index contributed by atoms with van der Waals surface area (Å²) in [5, 5.41) is 3.38. The molecule has 0 radical (unpaired) electrons. The average molecular weight is 235 g/mol. The van der Waals surface area contributed by atoms with Crippen molar-refractivity contribution in [3.8, 4) is 5.75 Å². The van der Waals surface area contributed by atoms with Crippen LogP contribution in [0.15, 0.2) is 30.3 Å². The smallest absolute Gasteiger partial charge is 0.119 e. The summed E-state index contributed by atoms with van der Waals surface area (Å²) in [6.07, 6.45) is 3.52. The molecule has 1 aromatic carbocycles. The van der Waals surface area contributed by atoms with E-state index in [1.165, 1.54) is 12.8 Å². The highest BCUT2D eigenvalue weighted by Gasteiger charge is 2.07. The maximum Gasteiger partial charge on any atom is 0.119 e. The van der Waals surface area contributed by atoms with E-state index in [1.54, 1.807) is 0 Å². The number of hydrogen-bond acceptors (Lipinski definition) is 2. The quantitative estimate of drug-likeness (QED) is 0.697. The van der Waals surface area contributed by atoms with Crippen molar-refractivity contribution in [3.05, 3.63) is 30.3 Å². The van der Waals surface area contributed by atoms with Crippen LogP contribution in [-0.2, 0) is 0 Å². The van der Waals surface area contributed by atoms with Crippen molar-refractivity contribution >= 4 is 0 Å². The van der Waals surface area contributed by atoms with Crippen LogP contribution in [0.25, 0.3) is 0 Å². The van der Waals surface area contributed by atoms with Crippen LogP contribution in [0.1, 0.15) is 33.1 Å². The van der Waals surface area contributed by atoms with Gasteiger partial charge in [0.1, 0.15) is 5.75 Å². The van der Waals surface area contributed by atoms with Crippen molar-refractivity contribution in [1.82, 2.24) is 5.32 Å². The van der Waals surface area contributed by atoms with E-state index in [2.05, 4.69) is 19.2 Å². The minimum Gasteiger partial charge on any atom is -0.494 e. The molecule has 0 aromatic heterocycles. The van der Waals surface area contributed by atoms with Crippen molar-refractivity contribution in [1.29, 1.82) is 0 Å². The summed E-state index contributed by atoms with van der Waals surface area (Å²) in [7, 11) is 2.05. The topological polar surface area (TPSA) is 21.3 Å². The average Bonchev–Trinajstić information content (AvgIpc) is 2.34. The Labute approximate surface area is 105 Å². The molecule has 0 fully saturated rings. The summed E-state index contributed by atoms with van der Waals surface area (Å²) in [5.41, 5.74) is 0. The molecule has 0 aliphatic rings. The molecule has 17 heavy (non-hydrogen) atoms. The van der Waals surface area contributed by atoms with Gasteiger partial charge in [0, 0.05) is 6.04 Å². The van der Waals surface area contributed by atoms with Crippen molar-refractivity contribution in [2.24, 2.45) is 5.92 Å². The monoisotopic (exact) mass is 235 g/mol. The Morgan fingerprint density at radius 2 is 1.88 bits per heavy atom. The fourth-order valence-corrected chi connectivity index (χ4v) is 1.99. The summed E-state index contributed by atoms with van der Waals surface area (Å²) in [6, 6.07) is 10.6. The van der Waals surface area contributed by atoms with E-state index in [4.69, 9.17) is 4.74 Å². The van der Waals surface area contributed by atoms with Crippen LogP contribution >= 0.6 is 0 Å². The largest absolute Gasteiger partial charge is 0.494 e. The van der Waals surface area contributed by atoms with Gasteiger partial charge in [0.2, 0.25) is 0 Å². The lowest BCUT2D eigenvalue weighted by molar-refractivity contribution is 0.291. The third kappa shape index (κ3) is 6.32. The third-order valence-electron chi connectivity index (χ3n) is 2.87. The SMILES string of the molecule is CNC(CCCOc1ccccc1)CC(C)C. The number of nitrogens with one attached hydrogen (secondary N) is 1. The first-order chi connectivity index (χ1) is 8.22. The molecule has 0 aliphatic carbocycles. The van der Waals surface area contributed by atoms with Crippen LogP contribution in [0.2, 0.25) is 0 Å². The van der Waals surface area contributed by atoms with E-state index >= 15 is 0 Å². The van der Waals surface area contributed by atoms with Crippen LogP contribution < -0.4 is 10.1 Å². The highest BCUT2D eigenvalue weighted by Crippen LogP contribution is 2.12. The minimum absolute atomic E-state index is 0.620. The molecule has 0 saturated heterocycles. The molecule has 1 unspecified atom stereocenters. The normalized spacial score (nSPS) is 12.7. The van der Waals surface area contributed by atoms with Gasteiger partial charge >= 0.3 is 0 Å². The molecule has 0 spiro atoms. The second-order valence-corrected chi connectivity index (χ2v) is 4.92. The van der Waals surface area contributed by atoms with E-state index < -0.39 is 0 Å². The van der Waals surface area contributed by atoms with Crippen LogP contribution in [0.5, 0.6) is 5.75 Å². The lowest BCUT2D eigenvalue weighted by Crippen LogP contribution is -2.27. The predicted octanol–water partition coefficient (Wildman–Crippen LogP) is 3.48. The van der Waals surface area contributed by atoms with Crippen LogP contribution in [0.4, 0.5) is 0 Å². The van der Waals surface area contributed by atoms with Gasteiger partial charge in [-0.25, -0.2) is 0 Å². The molecule has 0 bridgehead atoms. The van der Waals surface area contributed by atoms with Gasteiger partial charge < -0.3 is 10.1 Å². The highest BCUT2D eigenvalue weighted by molar-refractivity contribution is 5.20. The molecule has 0 amide bonds. The molecule has 1 N–H and O–H groups in total. The molecule has 1 aromatic rings. The summed E-state index contributed by atoms with van der Waals surface area (Å²) < 4.78 is 5.68. The summed E-state index contributed by atoms with van der Waals surface area (Å²) >= 11 is 0. The van der Waals surface area contributed by atoms with Crippen molar-refractivity contribution in [2.75, 3.05) is 13.7 Å².